The Morgan fingerprint density at radius 1 is 1.23 bits per heavy atom. The summed E-state index contributed by atoms with van der Waals surface area (Å²) < 4.78 is 0.867. The highest BCUT2D eigenvalue weighted by Gasteiger charge is 2.13. The average molecular weight is 335 g/mol. The van der Waals surface area contributed by atoms with E-state index < -0.39 is 0 Å². The Bertz CT molecular complexity index is 630. The van der Waals surface area contributed by atoms with Gasteiger partial charge < -0.3 is 5.32 Å². The number of hydrogen-bond donors (Lipinski definition) is 1. The molecule has 0 spiro atoms. The van der Waals surface area contributed by atoms with Crippen LogP contribution < -0.4 is 5.32 Å². The molecule has 0 aliphatic heterocycles. The average Bonchev–Trinajstić information content (AvgIpc) is 2.92. The first-order chi connectivity index (χ1) is 10.4. The van der Waals surface area contributed by atoms with Gasteiger partial charge in [-0.05, 0) is 16.5 Å². The molecule has 0 atom stereocenters. The van der Waals surface area contributed by atoms with Gasteiger partial charge in [0.05, 0.1) is 0 Å². The highest BCUT2D eigenvalue weighted by atomic mass is 32.2. The van der Waals surface area contributed by atoms with Gasteiger partial charge >= 0.3 is 0 Å². The summed E-state index contributed by atoms with van der Waals surface area (Å²) in [5.41, 5.74) is 2.77. The number of carbonyl (C=O) groups is 1. The zero-order valence-electron chi connectivity index (χ0n) is 13.3. The largest absolute Gasteiger partial charge is 0.301 e. The monoisotopic (exact) mass is 335 g/mol. The van der Waals surface area contributed by atoms with E-state index in [1.54, 1.807) is 11.8 Å². The lowest BCUT2D eigenvalue weighted by molar-refractivity contribution is -0.115. The van der Waals surface area contributed by atoms with E-state index in [-0.39, 0.29) is 11.3 Å². The molecule has 0 saturated heterocycles. The Morgan fingerprint density at radius 3 is 2.50 bits per heavy atom. The van der Waals surface area contributed by atoms with Crippen molar-refractivity contribution in [2.45, 2.75) is 49.6 Å². The van der Waals surface area contributed by atoms with E-state index in [4.69, 9.17) is 0 Å². The van der Waals surface area contributed by atoms with E-state index in [0.29, 0.717) is 11.6 Å². The molecule has 6 heteroatoms. The molecule has 4 nitrogen and oxygen atoms in total. The number of rotatable bonds is 5. The number of carbonyl (C=O) groups excluding carboxylic acids is 1. The molecule has 1 heterocycles. The van der Waals surface area contributed by atoms with Crippen LogP contribution in [-0.2, 0) is 16.0 Å². The van der Waals surface area contributed by atoms with Gasteiger partial charge in [0, 0.05) is 12.2 Å². The number of anilines is 1. The van der Waals surface area contributed by atoms with Crippen molar-refractivity contribution in [3.05, 3.63) is 35.4 Å². The van der Waals surface area contributed by atoms with Crippen LogP contribution in [0.5, 0.6) is 0 Å². The fraction of sp³-hybridized carbons (Fsp3) is 0.438. The zero-order valence-corrected chi connectivity index (χ0v) is 15.0. The molecule has 0 saturated carbocycles. The third kappa shape index (κ3) is 4.81. The summed E-state index contributed by atoms with van der Waals surface area (Å²) in [5, 5.41) is 11.4. The number of nitrogens with one attached hydrogen (secondary N) is 1. The maximum Gasteiger partial charge on any atom is 0.225 e. The molecule has 2 aromatic rings. The van der Waals surface area contributed by atoms with E-state index in [1.165, 1.54) is 22.5 Å². The van der Waals surface area contributed by atoms with Crippen molar-refractivity contribution in [1.82, 2.24) is 10.2 Å². The molecule has 0 fully saturated rings. The van der Waals surface area contributed by atoms with Gasteiger partial charge in [0.15, 0.2) is 4.34 Å². The predicted octanol–water partition coefficient (Wildman–Crippen LogP) is 4.48. The number of thioether (sulfide) groups is 1. The quantitative estimate of drug-likeness (QED) is 0.647. The smallest absolute Gasteiger partial charge is 0.225 e. The number of hydrogen-bond acceptors (Lipinski definition) is 5. The molecule has 0 bridgehead atoms. The van der Waals surface area contributed by atoms with Crippen LogP contribution in [-0.4, -0.2) is 16.1 Å². The Balaban J connectivity index is 1.91. The fourth-order valence-electron chi connectivity index (χ4n) is 1.77. The van der Waals surface area contributed by atoms with Crippen LogP contribution in [0.25, 0.3) is 0 Å². The first-order valence-electron chi connectivity index (χ1n) is 7.24. The van der Waals surface area contributed by atoms with Gasteiger partial charge in [0.2, 0.25) is 11.0 Å². The molecule has 118 valence electrons. The Labute approximate surface area is 139 Å². The van der Waals surface area contributed by atoms with E-state index in [1.807, 2.05) is 6.92 Å². The second-order valence-electron chi connectivity index (χ2n) is 6.01. The second-order valence-corrected chi connectivity index (χ2v) is 8.21. The van der Waals surface area contributed by atoms with Crippen molar-refractivity contribution in [2.75, 3.05) is 5.32 Å². The summed E-state index contributed by atoms with van der Waals surface area (Å²) >= 11 is 3.05. The Morgan fingerprint density at radius 2 is 1.91 bits per heavy atom. The maximum absolute atomic E-state index is 11.3. The number of nitrogens with zero attached hydrogens (tertiary/aromatic N) is 2. The minimum atomic E-state index is -0.0366. The summed E-state index contributed by atoms with van der Waals surface area (Å²) in [4.78, 5) is 11.3. The first-order valence-corrected chi connectivity index (χ1v) is 9.04. The van der Waals surface area contributed by atoms with E-state index in [0.717, 1.165) is 10.1 Å². The molecule has 22 heavy (non-hydrogen) atoms. The van der Waals surface area contributed by atoms with Crippen molar-refractivity contribution in [2.24, 2.45) is 0 Å². The highest BCUT2D eigenvalue weighted by molar-refractivity contribution is 8.00. The van der Waals surface area contributed by atoms with Gasteiger partial charge in [-0.25, -0.2) is 0 Å². The van der Waals surface area contributed by atoms with Crippen molar-refractivity contribution in [1.29, 1.82) is 0 Å². The van der Waals surface area contributed by atoms with Crippen LogP contribution in [0.1, 0.15) is 45.2 Å². The standard InChI is InChI=1S/C16H21N3OS2/c1-5-13(20)17-14-18-19-15(22-14)21-10-11-6-8-12(9-7-11)16(2,3)4/h6-9H,5,10H2,1-4H3,(H,17,18,20). The molecule has 0 aliphatic carbocycles. The van der Waals surface area contributed by atoms with Gasteiger partial charge in [0.1, 0.15) is 0 Å². The molecule has 0 unspecified atom stereocenters. The fourth-order valence-corrected chi connectivity index (χ4v) is 3.50. The minimum Gasteiger partial charge on any atom is -0.301 e. The zero-order chi connectivity index (χ0) is 16.2. The molecule has 0 aliphatic rings. The lowest BCUT2D eigenvalue weighted by atomic mass is 9.87. The maximum atomic E-state index is 11.3. The predicted molar refractivity (Wildman–Crippen MR) is 93.5 cm³/mol. The van der Waals surface area contributed by atoms with Gasteiger partial charge in [-0.2, -0.15) is 0 Å². The van der Waals surface area contributed by atoms with Crippen molar-refractivity contribution >= 4 is 34.1 Å². The van der Waals surface area contributed by atoms with Gasteiger partial charge in [-0.3, -0.25) is 4.79 Å². The van der Waals surface area contributed by atoms with E-state index >= 15 is 0 Å². The Kier molecular flexibility index (Phi) is 5.58. The van der Waals surface area contributed by atoms with Crippen LogP contribution in [0.15, 0.2) is 28.6 Å². The molecule has 2 rings (SSSR count). The lowest BCUT2D eigenvalue weighted by Crippen LogP contribution is -2.10. The van der Waals surface area contributed by atoms with E-state index in [2.05, 4.69) is 60.6 Å². The molecule has 1 amide bonds. The summed E-state index contributed by atoms with van der Waals surface area (Å²) in [6, 6.07) is 8.69. The normalized spacial score (nSPS) is 11.5. The van der Waals surface area contributed by atoms with Crippen LogP contribution in [0.2, 0.25) is 0 Å². The number of aromatic nitrogens is 2. The molecule has 1 N–H and O–H groups in total. The molecular weight excluding hydrogens is 314 g/mol. The van der Waals surface area contributed by atoms with Crippen LogP contribution in [0.3, 0.4) is 0 Å². The molecule has 1 aromatic carbocycles. The molecule has 1 aromatic heterocycles. The van der Waals surface area contributed by atoms with Crippen LogP contribution in [0.4, 0.5) is 5.13 Å². The van der Waals surface area contributed by atoms with Gasteiger partial charge in [0.25, 0.3) is 0 Å². The molecular formula is C16H21N3OS2. The first kappa shape index (κ1) is 17.0. The van der Waals surface area contributed by atoms with Gasteiger partial charge in [-0.15, -0.1) is 10.2 Å². The van der Waals surface area contributed by atoms with Gasteiger partial charge in [-0.1, -0.05) is 75.1 Å². The summed E-state index contributed by atoms with van der Waals surface area (Å²) in [6.45, 7) is 8.45. The third-order valence-electron chi connectivity index (χ3n) is 3.16. The second kappa shape index (κ2) is 7.24. The van der Waals surface area contributed by atoms with Crippen molar-refractivity contribution in [3.8, 4) is 0 Å². The van der Waals surface area contributed by atoms with E-state index in [9.17, 15) is 4.79 Å². The highest BCUT2D eigenvalue weighted by Crippen LogP contribution is 2.29. The van der Waals surface area contributed by atoms with Crippen LogP contribution >= 0.6 is 23.1 Å². The SMILES string of the molecule is CCC(=O)Nc1nnc(SCc2ccc(C(C)(C)C)cc2)s1. The lowest BCUT2D eigenvalue weighted by Gasteiger charge is -2.19. The third-order valence-corrected chi connectivity index (χ3v) is 5.20. The number of benzene rings is 1. The summed E-state index contributed by atoms with van der Waals surface area (Å²) in [5.74, 6) is 0.811. The Hall–Kier alpha value is -1.40. The minimum absolute atomic E-state index is 0.0366. The van der Waals surface area contributed by atoms with Crippen LogP contribution in [0, 0.1) is 0 Å². The summed E-state index contributed by atoms with van der Waals surface area (Å²) in [7, 11) is 0. The van der Waals surface area contributed by atoms with Crippen molar-refractivity contribution in [3.63, 3.8) is 0 Å². The number of amides is 1. The topological polar surface area (TPSA) is 54.9 Å². The van der Waals surface area contributed by atoms with Crippen molar-refractivity contribution < 1.29 is 4.79 Å². The summed E-state index contributed by atoms with van der Waals surface area (Å²) in [6.07, 6.45) is 0.447. The molecule has 0 radical (unpaired) electrons.